The number of rotatable bonds is 2. The zero-order chi connectivity index (χ0) is 11.7. The highest BCUT2D eigenvalue weighted by molar-refractivity contribution is 5.98. The van der Waals surface area contributed by atoms with Gasteiger partial charge in [-0.05, 0) is 12.8 Å². The molecule has 4 atom stereocenters. The van der Waals surface area contributed by atoms with Crippen molar-refractivity contribution in [2.45, 2.75) is 31.1 Å². The van der Waals surface area contributed by atoms with Gasteiger partial charge in [-0.15, -0.1) is 0 Å². The van der Waals surface area contributed by atoms with E-state index in [-0.39, 0.29) is 30.1 Å². The number of urea groups is 1. The number of methoxy groups -OCH3 is 2. The van der Waals surface area contributed by atoms with Crippen molar-refractivity contribution >= 4 is 11.9 Å². The van der Waals surface area contributed by atoms with Crippen LogP contribution in [0.2, 0.25) is 0 Å². The van der Waals surface area contributed by atoms with Crippen LogP contribution in [0.4, 0.5) is 4.79 Å². The third kappa shape index (κ3) is 1.78. The van der Waals surface area contributed by atoms with Crippen LogP contribution in [0.25, 0.3) is 0 Å². The summed E-state index contributed by atoms with van der Waals surface area (Å²) in [5.74, 6) is -0.431. The molecule has 1 heterocycles. The maximum absolute atomic E-state index is 11.6. The van der Waals surface area contributed by atoms with E-state index < -0.39 is 6.03 Å². The van der Waals surface area contributed by atoms with Gasteiger partial charge in [-0.25, -0.2) is 4.79 Å². The van der Waals surface area contributed by atoms with E-state index >= 15 is 0 Å². The summed E-state index contributed by atoms with van der Waals surface area (Å²) in [6.45, 7) is 0. The predicted octanol–water partition coefficient (Wildman–Crippen LogP) is -0.366. The lowest BCUT2D eigenvalue weighted by Crippen LogP contribution is -2.66. The molecule has 0 aromatic heterocycles. The van der Waals surface area contributed by atoms with Crippen LogP contribution < -0.4 is 10.6 Å². The summed E-state index contributed by atoms with van der Waals surface area (Å²) in [6, 6.07) is -0.741. The van der Waals surface area contributed by atoms with Crippen LogP contribution in [0.3, 0.4) is 0 Å². The van der Waals surface area contributed by atoms with Crippen molar-refractivity contribution in [1.82, 2.24) is 10.6 Å². The average Bonchev–Trinajstić information content (AvgIpc) is 2.27. The minimum absolute atomic E-state index is 0.0718. The topological polar surface area (TPSA) is 76.7 Å². The fraction of sp³-hybridized carbons (Fsp3) is 0.800. The van der Waals surface area contributed by atoms with E-state index in [2.05, 4.69) is 10.6 Å². The fourth-order valence-electron chi connectivity index (χ4n) is 2.57. The number of ether oxygens (including phenoxy) is 2. The molecule has 1 saturated heterocycles. The van der Waals surface area contributed by atoms with Crippen molar-refractivity contribution in [3.05, 3.63) is 0 Å². The lowest BCUT2D eigenvalue weighted by molar-refractivity contribution is -0.136. The molecule has 6 heteroatoms. The molecule has 6 nitrogen and oxygen atoms in total. The van der Waals surface area contributed by atoms with E-state index in [1.54, 1.807) is 14.2 Å². The molecule has 16 heavy (non-hydrogen) atoms. The van der Waals surface area contributed by atoms with Crippen molar-refractivity contribution in [1.29, 1.82) is 0 Å². The van der Waals surface area contributed by atoms with E-state index in [1.165, 1.54) is 0 Å². The molecule has 3 amide bonds. The number of carbonyl (C=O) groups is 2. The predicted molar refractivity (Wildman–Crippen MR) is 54.8 cm³/mol. The second-order valence-corrected chi connectivity index (χ2v) is 4.15. The molecule has 2 aliphatic rings. The summed E-state index contributed by atoms with van der Waals surface area (Å²) >= 11 is 0. The second kappa shape index (κ2) is 4.39. The largest absolute Gasteiger partial charge is 0.379 e. The van der Waals surface area contributed by atoms with Crippen molar-refractivity contribution in [3.63, 3.8) is 0 Å². The van der Waals surface area contributed by atoms with E-state index in [1.807, 2.05) is 0 Å². The third-order valence-corrected chi connectivity index (χ3v) is 3.36. The Hall–Kier alpha value is -1.14. The van der Waals surface area contributed by atoms with Gasteiger partial charge in [0.05, 0.1) is 18.1 Å². The standard InChI is InChI=1S/C10H16N2O4/c1-15-6-4-3-5-7(8(6)16-2)11-10(14)12-9(5)13/h5-8H,3-4H2,1-2H3,(H2,11,12,13,14). The molecule has 4 unspecified atom stereocenters. The Kier molecular flexibility index (Phi) is 3.11. The van der Waals surface area contributed by atoms with E-state index in [9.17, 15) is 9.59 Å². The van der Waals surface area contributed by atoms with Crippen LogP contribution in [0, 0.1) is 5.92 Å². The lowest BCUT2D eigenvalue weighted by atomic mass is 9.79. The third-order valence-electron chi connectivity index (χ3n) is 3.36. The number of amides is 3. The normalized spacial score (nSPS) is 38.6. The zero-order valence-electron chi connectivity index (χ0n) is 9.36. The van der Waals surface area contributed by atoms with Gasteiger partial charge < -0.3 is 14.8 Å². The number of imide groups is 1. The number of fused-ring (bicyclic) bond motifs is 1. The zero-order valence-corrected chi connectivity index (χ0v) is 9.36. The van der Waals surface area contributed by atoms with Gasteiger partial charge in [0.15, 0.2) is 0 Å². The fourth-order valence-corrected chi connectivity index (χ4v) is 2.57. The molecular formula is C10H16N2O4. The molecule has 0 spiro atoms. The highest BCUT2D eigenvalue weighted by atomic mass is 16.5. The first kappa shape index (κ1) is 11.3. The highest BCUT2D eigenvalue weighted by Gasteiger charge is 2.46. The Balaban J connectivity index is 2.19. The minimum atomic E-state index is -0.454. The van der Waals surface area contributed by atoms with E-state index in [0.717, 1.165) is 6.42 Å². The molecule has 1 saturated carbocycles. The molecule has 0 radical (unpaired) electrons. The molecule has 0 bridgehead atoms. The second-order valence-electron chi connectivity index (χ2n) is 4.15. The summed E-state index contributed by atoms with van der Waals surface area (Å²) < 4.78 is 10.6. The molecule has 1 aliphatic carbocycles. The molecule has 2 N–H and O–H groups in total. The summed E-state index contributed by atoms with van der Waals surface area (Å²) in [6.07, 6.45) is 1.13. The van der Waals surface area contributed by atoms with Crippen LogP contribution in [0.1, 0.15) is 12.8 Å². The minimum Gasteiger partial charge on any atom is -0.379 e. The Morgan fingerprint density at radius 3 is 2.56 bits per heavy atom. The molecule has 90 valence electrons. The van der Waals surface area contributed by atoms with Gasteiger partial charge in [-0.3, -0.25) is 10.1 Å². The van der Waals surface area contributed by atoms with Gasteiger partial charge in [-0.2, -0.15) is 0 Å². The highest BCUT2D eigenvalue weighted by Crippen LogP contribution is 2.30. The van der Waals surface area contributed by atoms with Crippen molar-refractivity contribution in [2.24, 2.45) is 5.92 Å². The van der Waals surface area contributed by atoms with Gasteiger partial charge in [0.2, 0.25) is 5.91 Å². The van der Waals surface area contributed by atoms with Gasteiger partial charge in [0.1, 0.15) is 6.10 Å². The van der Waals surface area contributed by atoms with Gasteiger partial charge in [0, 0.05) is 14.2 Å². The molecular weight excluding hydrogens is 212 g/mol. The molecule has 2 fully saturated rings. The first-order valence-corrected chi connectivity index (χ1v) is 5.34. The molecule has 0 aromatic rings. The molecule has 0 aromatic carbocycles. The summed E-state index contributed by atoms with van der Waals surface area (Å²) in [5, 5.41) is 5.01. The lowest BCUT2D eigenvalue weighted by Gasteiger charge is -2.43. The van der Waals surface area contributed by atoms with Crippen molar-refractivity contribution in [2.75, 3.05) is 14.2 Å². The Bertz CT molecular complexity index is 307. The Morgan fingerprint density at radius 1 is 1.19 bits per heavy atom. The van der Waals surface area contributed by atoms with Gasteiger partial charge in [-0.1, -0.05) is 0 Å². The summed E-state index contributed by atoms with van der Waals surface area (Å²) in [5.41, 5.74) is 0. The number of hydrogen-bond acceptors (Lipinski definition) is 4. The number of hydrogen-bond donors (Lipinski definition) is 2. The average molecular weight is 228 g/mol. The van der Waals surface area contributed by atoms with Crippen LogP contribution in [-0.4, -0.2) is 44.4 Å². The molecule has 1 aliphatic heterocycles. The smallest absolute Gasteiger partial charge is 0.321 e. The van der Waals surface area contributed by atoms with E-state index in [0.29, 0.717) is 6.42 Å². The van der Waals surface area contributed by atoms with Gasteiger partial charge >= 0.3 is 6.03 Å². The Labute approximate surface area is 93.7 Å². The molecule has 2 rings (SSSR count). The van der Waals surface area contributed by atoms with E-state index in [4.69, 9.17) is 9.47 Å². The number of nitrogens with one attached hydrogen (secondary N) is 2. The van der Waals surface area contributed by atoms with Crippen LogP contribution in [0.5, 0.6) is 0 Å². The summed E-state index contributed by atoms with van der Waals surface area (Å²) in [7, 11) is 3.18. The SMILES string of the molecule is COC1CCC2C(=O)NC(=O)NC2C1OC. The van der Waals surface area contributed by atoms with Crippen LogP contribution in [-0.2, 0) is 14.3 Å². The van der Waals surface area contributed by atoms with Crippen LogP contribution >= 0.6 is 0 Å². The first-order chi connectivity index (χ1) is 7.67. The Morgan fingerprint density at radius 2 is 1.94 bits per heavy atom. The first-order valence-electron chi connectivity index (χ1n) is 5.34. The monoisotopic (exact) mass is 228 g/mol. The van der Waals surface area contributed by atoms with Crippen molar-refractivity contribution < 1.29 is 19.1 Å². The van der Waals surface area contributed by atoms with Crippen LogP contribution in [0.15, 0.2) is 0 Å². The van der Waals surface area contributed by atoms with Crippen molar-refractivity contribution in [3.8, 4) is 0 Å². The maximum Gasteiger partial charge on any atom is 0.321 e. The number of carbonyl (C=O) groups excluding carboxylic acids is 2. The van der Waals surface area contributed by atoms with Gasteiger partial charge in [0.25, 0.3) is 0 Å². The maximum atomic E-state index is 11.6. The summed E-state index contributed by atoms with van der Waals surface area (Å²) in [4.78, 5) is 22.9. The quantitative estimate of drug-likeness (QED) is 0.676.